The third-order valence-corrected chi connectivity index (χ3v) is 3.49. The highest BCUT2D eigenvalue weighted by Crippen LogP contribution is 2.30. The van der Waals surface area contributed by atoms with Gasteiger partial charge in [0.2, 0.25) is 0 Å². The van der Waals surface area contributed by atoms with Gasteiger partial charge in [-0.25, -0.2) is 0 Å². The molecule has 2 nitrogen and oxygen atoms in total. The minimum Gasteiger partial charge on any atom is -0.326 e. The second kappa shape index (κ2) is 5.48. The molecule has 0 fully saturated rings. The van der Waals surface area contributed by atoms with Crippen LogP contribution in [0.4, 0.5) is 0 Å². The first-order valence-corrected chi connectivity index (χ1v) is 6.46. The summed E-state index contributed by atoms with van der Waals surface area (Å²) in [6, 6.07) is 10.2. The van der Waals surface area contributed by atoms with Crippen LogP contribution in [0.3, 0.4) is 0 Å². The number of nitrogens with two attached hydrogens (primary N) is 1. The lowest BCUT2D eigenvalue weighted by atomic mass is 10.2. The summed E-state index contributed by atoms with van der Waals surface area (Å²) in [5, 5.41) is 0. The Bertz CT molecular complexity index is 474. The Morgan fingerprint density at radius 2 is 1.88 bits per heavy atom. The standard InChI is InChI=1S/C12H11BrN2S/c13-10-5-9(8-14)6-12(7-10)16-11-1-3-15-4-2-11/h1-7H,8,14H2. The number of aromatic nitrogens is 1. The molecule has 82 valence electrons. The number of rotatable bonds is 3. The van der Waals surface area contributed by atoms with Gasteiger partial charge in [0.25, 0.3) is 0 Å². The highest BCUT2D eigenvalue weighted by atomic mass is 79.9. The van der Waals surface area contributed by atoms with Gasteiger partial charge in [-0.15, -0.1) is 0 Å². The van der Waals surface area contributed by atoms with E-state index < -0.39 is 0 Å². The maximum Gasteiger partial charge on any atom is 0.0279 e. The molecule has 0 unspecified atom stereocenters. The summed E-state index contributed by atoms with van der Waals surface area (Å²) >= 11 is 5.19. The Balaban J connectivity index is 2.24. The van der Waals surface area contributed by atoms with Crippen molar-refractivity contribution >= 4 is 27.7 Å². The summed E-state index contributed by atoms with van der Waals surface area (Å²) in [5.41, 5.74) is 6.77. The lowest BCUT2D eigenvalue weighted by molar-refractivity contribution is 1.06. The molecule has 4 heteroatoms. The SMILES string of the molecule is NCc1cc(Br)cc(Sc2ccncc2)c1. The van der Waals surface area contributed by atoms with E-state index in [4.69, 9.17) is 5.73 Å². The molecule has 1 heterocycles. The zero-order valence-electron chi connectivity index (χ0n) is 8.56. The van der Waals surface area contributed by atoms with E-state index in [2.05, 4.69) is 33.0 Å². The average Bonchev–Trinajstić information content (AvgIpc) is 2.29. The summed E-state index contributed by atoms with van der Waals surface area (Å²) in [6.07, 6.45) is 3.59. The smallest absolute Gasteiger partial charge is 0.0279 e. The Morgan fingerprint density at radius 1 is 1.12 bits per heavy atom. The van der Waals surface area contributed by atoms with Gasteiger partial charge in [0.15, 0.2) is 0 Å². The quantitative estimate of drug-likeness (QED) is 0.942. The van der Waals surface area contributed by atoms with Crippen molar-refractivity contribution in [2.45, 2.75) is 16.3 Å². The van der Waals surface area contributed by atoms with Crippen LogP contribution in [0.25, 0.3) is 0 Å². The molecule has 1 aromatic carbocycles. The molecule has 0 radical (unpaired) electrons. The van der Waals surface area contributed by atoms with Crippen molar-refractivity contribution in [3.63, 3.8) is 0 Å². The molecule has 0 saturated carbocycles. The molecule has 0 atom stereocenters. The zero-order valence-corrected chi connectivity index (χ0v) is 11.0. The summed E-state index contributed by atoms with van der Waals surface area (Å²) in [6.45, 7) is 0.559. The van der Waals surface area contributed by atoms with Crippen LogP contribution in [-0.4, -0.2) is 4.98 Å². The fourth-order valence-corrected chi connectivity index (χ4v) is 2.96. The summed E-state index contributed by atoms with van der Waals surface area (Å²) in [4.78, 5) is 6.35. The lowest BCUT2D eigenvalue weighted by Gasteiger charge is -2.05. The minimum absolute atomic E-state index is 0.559. The summed E-state index contributed by atoms with van der Waals surface area (Å²) < 4.78 is 1.06. The molecule has 2 N–H and O–H groups in total. The Kier molecular flexibility index (Phi) is 3.98. The van der Waals surface area contributed by atoms with Crippen LogP contribution >= 0.6 is 27.7 Å². The third-order valence-electron chi connectivity index (χ3n) is 2.05. The van der Waals surface area contributed by atoms with Gasteiger partial charge in [-0.2, -0.15) is 0 Å². The highest BCUT2D eigenvalue weighted by molar-refractivity contribution is 9.10. The fraction of sp³-hybridized carbons (Fsp3) is 0.0833. The van der Waals surface area contributed by atoms with Crippen molar-refractivity contribution in [3.05, 3.63) is 52.8 Å². The fourth-order valence-electron chi connectivity index (χ4n) is 1.34. The van der Waals surface area contributed by atoms with Crippen LogP contribution in [0.5, 0.6) is 0 Å². The normalized spacial score (nSPS) is 10.4. The van der Waals surface area contributed by atoms with Gasteiger partial charge in [0, 0.05) is 33.2 Å². The van der Waals surface area contributed by atoms with Gasteiger partial charge in [-0.05, 0) is 35.9 Å². The Morgan fingerprint density at radius 3 is 2.56 bits per heavy atom. The second-order valence-electron chi connectivity index (χ2n) is 3.28. The van der Waals surface area contributed by atoms with Gasteiger partial charge >= 0.3 is 0 Å². The molecule has 2 rings (SSSR count). The topological polar surface area (TPSA) is 38.9 Å². The first kappa shape index (κ1) is 11.6. The maximum atomic E-state index is 5.64. The number of benzene rings is 1. The van der Waals surface area contributed by atoms with Crippen LogP contribution < -0.4 is 5.73 Å². The molecular formula is C12H11BrN2S. The van der Waals surface area contributed by atoms with Crippen LogP contribution in [0, 0.1) is 0 Å². The van der Waals surface area contributed by atoms with Crippen LogP contribution in [0.1, 0.15) is 5.56 Å². The van der Waals surface area contributed by atoms with Crippen molar-refractivity contribution in [1.29, 1.82) is 0 Å². The van der Waals surface area contributed by atoms with Gasteiger partial charge in [0.1, 0.15) is 0 Å². The number of nitrogens with zero attached hydrogens (tertiary/aromatic N) is 1. The number of pyridine rings is 1. The average molecular weight is 295 g/mol. The lowest BCUT2D eigenvalue weighted by Crippen LogP contribution is -1.96. The van der Waals surface area contributed by atoms with Crippen molar-refractivity contribution in [2.75, 3.05) is 0 Å². The zero-order chi connectivity index (χ0) is 11.4. The van der Waals surface area contributed by atoms with Crippen molar-refractivity contribution in [2.24, 2.45) is 5.73 Å². The van der Waals surface area contributed by atoms with Crippen LogP contribution in [0.15, 0.2) is 57.0 Å². The van der Waals surface area contributed by atoms with E-state index in [0.29, 0.717) is 6.54 Å². The van der Waals surface area contributed by atoms with Gasteiger partial charge in [0.05, 0.1) is 0 Å². The number of hydrogen-bond acceptors (Lipinski definition) is 3. The van der Waals surface area contributed by atoms with E-state index >= 15 is 0 Å². The molecule has 0 aliphatic heterocycles. The molecule has 0 saturated heterocycles. The maximum absolute atomic E-state index is 5.64. The Labute approximate surface area is 107 Å². The molecule has 0 amide bonds. The van der Waals surface area contributed by atoms with Crippen LogP contribution in [-0.2, 0) is 6.54 Å². The summed E-state index contributed by atoms with van der Waals surface area (Å²) in [5.74, 6) is 0. The molecule has 0 bridgehead atoms. The van der Waals surface area contributed by atoms with Gasteiger partial charge in [-0.3, -0.25) is 4.98 Å². The summed E-state index contributed by atoms with van der Waals surface area (Å²) in [7, 11) is 0. The molecule has 0 spiro atoms. The molecule has 16 heavy (non-hydrogen) atoms. The van der Waals surface area contributed by atoms with Crippen molar-refractivity contribution in [3.8, 4) is 0 Å². The molecule has 0 aliphatic rings. The first-order valence-electron chi connectivity index (χ1n) is 4.85. The van der Waals surface area contributed by atoms with Gasteiger partial charge < -0.3 is 5.73 Å². The Hall–Kier alpha value is -0.840. The predicted molar refractivity (Wildman–Crippen MR) is 70.4 cm³/mol. The van der Waals surface area contributed by atoms with Gasteiger partial charge in [-0.1, -0.05) is 27.7 Å². The van der Waals surface area contributed by atoms with E-state index in [1.807, 2.05) is 18.2 Å². The highest BCUT2D eigenvalue weighted by Gasteiger charge is 2.00. The number of halogens is 1. The van der Waals surface area contributed by atoms with E-state index in [1.54, 1.807) is 24.2 Å². The monoisotopic (exact) mass is 294 g/mol. The molecule has 1 aromatic heterocycles. The molecule has 2 aromatic rings. The van der Waals surface area contributed by atoms with Crippen molar-refractivity contribution < 1.29 is 0 Å². The second-order valence-corrected chi connectivity index (χ2v) is 5.35. The predicted octanol–water partition coefficient (Wildman–Crippen LogP) is 3.45. The van der Waals surface area contributed by atoms with E-state index in [-0.39, 0.29) is 0 Å². The van der Waals surface area contributed by atoms with E-state index in [0.717, 1.165) is 10.0 Å². The van der Waals surface area contributed by atoms with E-state index in [9.17, 15) is 0 Å². The molecule has 0 aliphatic carbocycles. The first-order chi connectivity index (χ1) is 7.78. The minimum atomic E-state index is 0.559. The van der Waals surface area contributed by atoms with E-state index in [1.165, 1.54) is 9.79 Å². The van der Waals surface area contributed by atoms with Crippen molar-refractivity contribution in [1.82, 2.24) is 4.98 Å². The largest absolute Gasteiger partial charge is 0.326 e. The number of hydrogen-bond donors (Lipinski definition) is 1. The van der Waals surface area contributed by atoms with Crippen LogP contribution in [0.2, 0.25) is 0 Å². The molecular weight excluding hydrogens is 284 g/mol. The third kappa shape index (κ3) is 3.07.